The third-order valence-corrected chi connectivity index (χ3v) is 27.8. The first-order valence-corrected chi connectivity index (χ1v) is 30.7. The van der Waals surface area contributed by atoms with E-state index in [9.17, 15) is 0 Å². The fourth-order valence-corrected chi connectivity index (χ4v) is 25.9. The molecule has 75 heavy (non-hydrogen) atoms. The maximum Gasteiger partial charge on any atom is 0.0729 e. The molecule has 0 saturated heterocycles. The second-order valence-electron chi connectivity index (χ2n) is 29.6. The van der Waals surface area contributed by atoms with Crippen molar-refractivity contribution in [3.05, 3.63) is 158 Å². The Labute approximate surface area is 436 Å². The van der Waals surface area contributed by atoms with Crippen molar-refractivity contribution in [1.29, 1.82) is 0 Å². The van der Waals surface area contributed by atoms with Crippen molar-refractivity contribution < 1.29 is 0 Å². The van der Waals surface area contributed by atoms with E-state index in [4.69, 9.17) is 9.97 Å². The van der Waals surface area contributed by atoms with Crippen molar-refractivity contribution >= 4 is 70.4 Å². The molecule has 0 radical (unpaired) electrons. The molecule has 10 aromatic rings. The zero-order valence-electron chi connectivity index (χ0n) is 42.7. The Hall–Kier alpha value is -5.80. The van der Waals surface area contributed by atoms with Gasteiger partial charge in [0.15, 0.2) is 0 Å². The van der Waals surface area contributed by atoms with Gasteiger partial charge in [0.1, 0.15) is 0 Å². The normalized spacial score (nSPS) is 40.7. The molecule has 6 aromatic carbocycles. The average molecular weight is 966 g/mol. The minimum atomic E-state index is -0.183. The molecule has 0 N–H and O–H groups in total. The number of nitrogens with zero attached hydrogens (tertiary/aromatic N) is 3. The molecular weight excluding hydrogens is 907 g/mol. The van der Waals surface area contributed by atoms with Gasteiger partial charge in [-0.3, -0.25) is 9.97 Å². The van der Waals surface area contributed by atoms with Gasteiger partial charge in [-0.05, 0) is 285 Å². The van der Waals surface area contributed by atoms with Crippen molar-refractivity contribution in [2.45, 2.75) is 149 Å². The van der Waals surface area contributed by atoms with E-state index in [2.05, 4.69) is 95.7 Å². The van der Waals surface area contributed by atoms with E-state index in [0.717, 1.165) is 47.3 Å². The lowest BCUT2D eigenvalue weighted by Gasteiger charge is -2.48. The molecule has 0 amide bonds. The van der Waals surface area contributed by atoms with Crippen LogP contribution in [0.1, 0.15) is 211 Å². The van der Waals surface area contributed by atoms with Gasteiger partial charge < -0.3 is 4.40 Å². The highest BCUT2D eigenvalue weighted by molar-refractivity contribution is 6.41. The predicted molar refractivity (Wildman–Crippen MR) is 298 cm³/mol. The van der Waals surface area contributed by atoms with E-state index in [1.54, 1.807) is 82.0 Å². The summed E-state index contributed by atoms with van der Waals surface area (Å²) in [4.78, 5) is 11.6. The first-order valence-electron chi connectivity index (χ1n) is 30.7. The summed E-state index contributed by atoms with van der Waals surface area (Å²) in [5.41, 5.74) is 24.5. The van der Waals surface area contributed by atoms with Crippen LogP contribution in [0.25, 0.3) is 70.4 Å². The zero-order valence-corrected chi connectivity index (χ0v) is 42.7. The molecule has 0 aliphatic heterocycles. The molecule has 8 saturated carbocycles. The third kappa shape index (κ3) is 3.65. The van der Waals surface area contributed by atoms with Gasteiger partial charge in [-0.2, -0.15) is 0 Å². The standard InChI is InChI=1S/C72H59N3/c1-3-7-55-43(5-1)62-65-44-6-2-4-8-56(44)72(55,65)66-61-54-24-53-51-21-46-36-15-40-18-39-14-35(25-70(39,40)26-36)45(46)20-49(51)50-22-47-37-16-41-19-42-17-38(28-71(41,42)27-37)48(47)23-52(50)60(53)64-63-58(75(69(54)64)57(61)29-74-68(62)66)30-73-67-34-12-31-9-32(13-34)11-33(10-31)59(63)67/h1-8,20-24,29-42,62,65H,9-19,25-28H2. The van der Waals surface area contributed by atoms with Crippen LogP contribution in [-0.4, -0.2) is 14.4 Å². The molecule has 12 bridgehead atoms. The predicted octanol–water partition coefficient (Wildman–Crippen LogP) is 17.1. The summed E-state index contributed by atoms with van der Waals surface area (Å²) in [6.45, 7) is 0. The summed E-state index contributed by atoms with van der Waals surface area (Å²) in [5.74, 6) is 10.3. The van der Waals surface area contributed by atoms with Gasteiger partial charge in [0.25, 0.3) is 0 Å². The average Bonchev–Trinajstić information content (AvgIpc) is 4.33. The molecule has 362 valence electrons. The molecule has 15 aliphatic carbocycles. The van der Waals surface area contributed by atoms with Gasteiger partial charge in [0.2, 0.25) is 0 Å². The molecule has 15 aliphatic rings. The van der Waals surface area contributed by atoms with Gasteiger partial charge in [-0.15, -0.1) is 0 Å². The van der Waals surface area contributed by atoms with Crippen LogP contribution in [0.2, 0.25) is 0 Å². The highest BCUT2D eigenvalue weighted by atomic mass is 15.0. The third-order valence-electron chi connectivity index (χ3n) is 27.8. The van der Waals surface area contributed by atoms with Crippen LogP contribution in [0.4, 0.5) is 0 Å². The molecule has 4 heterocycles. The van der Waals surface area contributed by atoms with Crippen molar-refractivity contribution in [2.24, 2.45) is 46.3 Å². The number of aromatic nitrogens is 3. The lowest BCUT2D eigenvalue weighted by Crippen LogP contribution is -2.41. The molecule has 2 spiro atoms. The van der Waals surface area contributed by atoms with E-state index < -0.39 is 0 Å². The molecule has 3 heteroatoms. The lowest BCUT2D eigenvalue weighted by atomic mass is 9.55. The summed E-state index contributed by atoms with van der Waals surface area (Å²) in [6.07, 6.45) is 26.2. The van der Waals surface area contributed by atoms with E-state index in [0.29, 0.717) is 40.4 Å². The van der Waals surface area contributed by atoms with Crippen molar-refractivity contribution in [3.8, 4) is 0 Å². The van der Waals surface area contributed by atoms with Crippen molar-refractivity contribution in [1.82, 2.24) is 14.4 Å². The van der Waals surface area contributed by atoms with E-state index in [1.165, 1.54) is 152 Å². The maximum absolute atomic E-state index is 5.80. The Kier molecular flexibility index (Phi) is 5.77. The first kappa shape index (κ1) is 37.9. The molecule has 15 atom stereocenters. The molecular formula is C72H59N3. The Bertz CT molecular complexity index is 4560. The van der Waals surface area contributed by atoms with Gasteiger partial charge in [-0.25, -0.2) is 0 Å². The minimum absolute atomic E-state index is 0.183. The van der Waals surface area contributed by atoms with Gasteiger partial charge in [0.05, 0.1) is 40.1 Å². The number of pyridine rings is 2. The molecule has 4 aromatic heterocycles. The summed E-state index contributed by atoms with van der Waals surface area (Å²) in [7, 11) is 0. The summed E-state index contributed by atoms with van der Waals surface area (Å²) >= 11 is 0. The SMILES string of the molecule is c1ccc2c(c1)C1c3ncc4c(c3C23c2ccccc2C13)c1cc2c3cc5c(cc3c3cc6c(cc3c2c2c3c7c(ncc3n4c12)C1CC2CC(C1)CC7C2)C1CC2CC3CC6CC32C1)C1CC2CC3CC5CC23C1. The van der Waals surface area contributed by atoms with Crippen LogP contribution in [0.5, 0.6) is 0 Å². The Balaban J connectivity index is 0.918. The number of rotatable bonds is 0. The van der Waals surface area contributed by atoms with Crippen LogP contribution < -0.4 is 0 Å². The van der Waals surface area contributed by atoms with Crippen LogP contribution in [-0.2, 0) is 5.41 Å². The summed E-state index contributed by atoms with van der Waals surface area (Å²) < 4.78 is 2.78. The smallest absolute Gasteiger partial charge is 0.0729 e. The van der Waals surface area contributed by atoms with Gasteiger partial charge in [0, 0.05) is 50.4 Å². The highest BCUT2D eigenvalue weighted by Gasteiger charge is 2.70. The lowest BCUT2D eigenvalue weighted by molar-refractivity contribution is 0.00321. The summed E-state index contributed by atoms with van der Waals surface area (Å²) in [5, 5.41) is 15.6. The largest absolute Gasteiger partial charge is 0.305 e. The van der Waals surface area contributed by atoms with Crippen LogP contribution in [0, 0.1) is 46.3 Å². The van der Waals surface area contributed by atoms with Crippen molar-refractivity contribution in [3.63, 3.8) is 0 Å². The van der Waals surface area contributed by atoms with Gasteiger partial charge in [-0.1, -0.05) is 48.5 Å². The monoisotopic (exact) mass is 965 g/mol. The molecule has 25 rings (SSSR count). The van der Waals surface area contributed by atoms with Crippen molar-refractivity contribution in [2.75, 3.05) is 0 Å². The zero-order chi connectivity index (χ0) is 47.2. The minimum Gasteiger partial charge on any atom is -0.305 e. The van der Waals surface area contributed by atoms with E-state index in [1.807, 2.05) is 0 Å². The second-order valence-corrected chi connectivity index (χ2v) is 29.6. The first-order chi connectivity index (χ1) is 37.0. The second kappa shape index (κ2) is 11.4. The Morgan fingerprint density at radius 3 is 1.57 bits per heavy atom. The fourth-order valence-electron chi connectivity index (χ4n) is 25.9. The molecule has 3 nitrogen and oxygen atoms in total. The maximum atomic E-state index is 5.80. The fraction of sp³-hybridized carbons (Fsp3) is 0.444. The number of hydrogen-bond acceptors (Lipinski definition) is 2. The number of benzene rings is 6. The van der Waals surface area contributed by atoms with E-state index >= 15 is 0 Å². The van der Waals surface area contributed by atoms with E-state index in [-0.39, 0.29) is 11.3 Å². The Morgan fingerprint density at radius 1 is 0.413 bits per heavy atom. The van der Waals surface area contributed by atoms with Crippen LogP contribution in [0.15, 0.2) is 91.3 Å². The van der Waals surface area contributed by atoms with Crippen LogP contribution >= 0.6 is 0 Å². The van der Waals surface area contributed by atoms with Gasteiger partial charge >= 0.3 is 0 Å². The topological polar surface area (TPSA) is 30.2 Å². The number of hydrogen-bond donors (Lipinski definition) is 0. The Morgan fingerprint density at radius 2 is 0.933 bits per heavy atom. The number of fused-ring (bicyclic) bond motifs is 29. The quantitative estimate of drug-likeness (QED) is 0.142. The van der Waals surface area contributed by atoms with Crippen LogP contribution in [0.3, 0.4) is 0 Å². The highest BCUT2D eigenvalue weighted by Crippen LogP contribution is 2.80. The molecule has 15 unspecified atom stereocenters. The summed E-state index contributed by atoms with van der Waals surface area (Å²) in [6, 6.07) is 33.6. The molecule has 8 fully saturated rings.